The number of allylic oxidation sites excluding steroid dienone is 1. The van der Waals surface area contributed by atoms with E-state index in [1.165, 1.54) is 44.3 Å². The molecule has 0 atom stereocenters. The molecule has 0 radical (unpaired) electrons. The maximum Gasteiger partial charge on any atom is 0.137 e. The van der Waals surface area contributed by atoms with Gasteiger partial charge >= 0.3 is 0 Å². The van der Waals surface area contributed by atoms with E-state index in [0.29, 0.717) is 6.42 Å². The number of fused-ring (bicyclic) bond motifs is 1. The molecule has 4 aromatic rings. The number of phenols is 1. The molecule has 1 aliphatic rings. The van der Waals surface area contributed by atoms with Crippen LogP contribution in [0.4, 0.5) is 0 Å². The number of hydrogen-bond donors (Lipinski definition) is 2. The lowest BCUT2D eigenvalue weighted by Gasteiger charge is -2.18. The number of nitrogens with zero attached hydrogens (tertiary/aromatic N) is 1. The minimum Gasteiger partial charge on any atom is -0.508 e. The van der Waals surface area contributed by atoms with Crippen LogP contribution >= 0.6 is 0 Å². The Bertz CT molecular complexity index is 1360. The number of phenolic OH excluding ortho intramolecular Hbond substituents is 1. The summed E-state index contributed by atoms with van der Waals surface area (Å²) in [4.78, 5) is 2.58. The second-order valence-electron chi connectivity index (χ2n) is 10.5. The lowest BCUT2D eigenvalue weighted by Crippen LogP contribution is -2.26. The molecule has 1 saturated heterocycles. The Morgan fingerprint density at radius 1 is 0.825 bits per heavy atom. The molecule has 0 aliphatic carbocycles. The molecule has 40 heavy (non-hydrogen) atoms. The van der Waals surface area contributed by atoms with Crippen molar-refractivity contribution in [3.8, 4) is 5.75 Å². The number of hydrogen-bond acceptors (Lipinski definition) is 4. The summed E-state index contributed by atoms with van der Waals surface area (Å²) in [6, 6.07) is 24.5. The van der Waals surface area contributed by atoms with Crippen molar-refractivity contribution in [2.75, 3.05) is 26.2 Å². The van der Waals surface area contributed by atoms with Gasteiger partial charge in [0.05, 0.1) is 0 Å². The van der Waals surface area contributed by atoms with Gasteiger partial charge in [-0.05, 0) is 109 Å². The molecule has 0 bridgehead atoms. The van der Waals surface area contributed by atoms with Crippen LogP contribution in [0.3, 0.4) is 0 Å². The predicted octanol–water partition coefficient (Wildman–Crippen LogP) is 8.62. The van der Waals surface area contributed by atoms with Gasteiger partial charge in [0.1, 0.15) is 17.1 Å². The summed E-state index contributed by atoms with van der Waals surface area (Å²) in [5.74, 6) is 1.29. The lowest BCUT2D eigenvalue weighted by atomic mass is 9.86. The molecule has 212 valence electrons. The maximum absolute atomic E-state index is 9.99. The van der Waals surface area contributed by atoms with Crippen molar-refractivity contribution < 1.29 is 14.6 Å². The van der Waals surface area contributed by atoms with E-state index in [1.54, 1.807) is 12.1 Å². The van der Waals surface area contributed by atoms with Gasteiger partial charge in [-0.1, -0.05) is 69.2 Å². The quantitative estimate of drug-likeness (QED) is 0.209. The van der Waals surface area contributed by atoms with Crippen molar-refractivity contribution in [3.05, 3.63) is 101 Å². The third-order valence-corrected chi connectivity index (χ3v) is 7.68. The average Bonchev–Trinajstić information content (AvgIpc) is 3.23. The zero-order chi connectivity index (χ0) is 28.3. The predicted molar refractivity (Wildman–Crippen MR) is 168 cm³/mol. The van der Waals surface area contributed by atoms with E-state index >= 15 is 0 Å². The molecule has 0 amide bonds. The Balaban J connectivity index is 0.00000181. The minimum absolute atomic E-state index is 0.138. The van der Waals surface area contributed by atoms with E-state index in [2.05, 4.69) is 54.3 Å². The van der Waals surface area contributed by atoms with Gasteiger partial charge in [-0.3, -0.25) is 0 Å². The Labute approximate surface area is 240 Å². The second-order valence-corrected chi connectivity index (χ2v) is 10.5. The number of likely N-dealkylation sites (tertiary alicyclic amines) is 1. The molecule has 0 unspecified atom stereocenters. The number of furan rings is 1. The van der Waals surface area contributed by atoms with Gasteiger partial charge < -0.3 is 19.5 Å². The van der Waals surface area contributed by atoms with Crippen LogP contribution in [0.2, 0.25) is 0 Å². The van der Waals surface area contributed by atoms with Gasteiger partial charge in [-0.25, -0.2) is 0 Å². The number of aromatic hydroxyl groups is 1. The van der Waals surface area contributed by atoms with Crippen LogP contribution in [0.1, 0.15) is 80.4 Å². The molecule has 2 N–H and O–H groups in total. The Kier molecular flexibility index (Phi) is 11.0. The summed E-state index contributed by atoms with van der Waals surface area (Å²) in [5.41, 5.74) is 7.70. The van der Waals surface area contributed by atoms with Crippen molar-refractivity contribution in [1.29, 1.82) is 0 Å². The fourth-order valence-electron chi connectivity index (χ4n) is 5.73. The summed E-state index contributed by atoms with van der Waals surface area (Å²) in [6.45, 7) is 9.70. The molecule has 4 heteroatoms. The highest BCUT2D eigenvalue weighted by Crippen LogP contribution is 2.38. The van der Waals surface area contributed by atoms with Crippen LogP contribution in [0.15, 0.2) is 77.2 Å². The number of rotatable bonds is 9. The monoisotopic (exact) mass is 539 g/mol. The van der Waals surface area contributed by atoms with Crippen molar-refractivity contribution in [1.82, 2.24) is 4.90 Å². The normalized spacial score (nSPS) is 14.8. The van der Waals surface area contributed by atoms with Crippen molar-refractivity contribution in [2.45, 2.75) is 65.7 Å². The van der Waals surface area contributed by atoms with Crippen LogP contribution in [0.5, 0.6) is 5.75 Å². The van der Waals surface area contributed by atoms with Gasteiger partial charge in [-0.2, -0.15) is 0 Å². The highest BCUT2D eigenvalue weighted by Gasteiger charge is 2.18. The second kappa shape index (κ2) is 14.9. The molecule has 4 nitrogen and oxygen atoms in total. The van der Waals surface area contributed by atoms with Gasteiger partial charge in [0.2, 0.25) is 0 Å². The van der Waals surface area contributed by atoms with E-state index in [0.717, 1.165) is 63.9 Å². The summed E-state index contributed by atoms with van der Waals surface area (Å²) in [7, 11) is 0. The highest BCUT2D eigenvalue weighted by molar-refractivity contribution is 6.01. The zero-order valence-corrected chi connectivity index (χ0v) is 24.5. The summed E-state index contributed by atoms with van der Waals surface area (Å²) >= 11 is 0. The van der Waals surface area contributed by atoms with Crippen LogP contribution in [0, 0.1) is 6.92 Å². The smallest absolute Gasteiger partial charge is 0.137 e. The molecule has 5 rings (SSSR count). The first-order chi connectivity index (χ1) is 19.6. The van der Waals surface area contributed by atoms with Gasteiger partial charge in [0, 0.05) is 25.0 Å². The maximum atomic E-state index is 9.99. The van der Waals surface area contributed by atoms with Crippen LogP contribution in [-0.4, -0.2) is 41.4 Å². The van der Waals surface area contributed by atoms with E-state index in [4.69, 9.17) is 4.42 Å². The Morgan fingerprint density at radius 2 is 1.52 bits per heavy atom. The summed E-state index contributed by atoms with van der Waals surface area (Å²) in [5, 5.41) is 20.8. The number of aliphatic hydroxyl groups excluding tert-OH is 1. The van der Waals surface area contributed by atoms with E-state index in [9.17, 15) is 10.2 Å². The number of benzene rings is 3. The van der Waals surface area contributed by atoms with Gasteiger partial charge in [0.25, 0.3) is 0 Å². The molecule has 1 aromatic heterocycles. The van der Waals surface area contributed by atoms with Gasteiger partial charge in [0.15, 0.2) is 0 Å². The van der Waals surface area contributed by atoms with Crippen LogP contribution in [-0.2, 0) is 6.42 Å². The molecular weight excluding hydrogens is 494 g/mol. The van der Waals surface area contributed by atoms with Crippen molar-refractivity contribution >= 4 is 22.1 Å². The number of aliphatic hydroxyl groups is 1. The van der Waals surface area contributed by atoms with Crippen molar-refractivity contribution in [3.63, 3.8) is 0 Å². The largest absolute Gasteiger partial charge is 0.508 e. The summed E-state index contributed by atoms with van der Waals surface area (Å²) in [6.07, 6.45) is 7.66. The first-order valence-electron chi connectivity index (χ1n) is 15.1. The Morgan fingerprint density at radius 3 is 2.20 bits per heavy atom. The molecule has 3 aromatic carbocycles. The fourth-order valence-corrected chi connectivity index (χ4v) is 5.73. The van der Waals surface area contributed by atoms with Crippen molar-refractivity contribution in [2.24, 2.45) is 0 Å². The first-order valence-corrected chi connectivity index (χ1v) is 15.1. The summed E-state index contributed by atoms with van der Waals surface area (Å²) < 4.78 is 6.38. The van der Waals surface area contributed by atoms with Crippen LogP contribution in [0.25, 0.3) is 22.1 Å². The average molecular weight is 540 g/mol. The third kappa shape index (κ3) is 7.44. The molecule has 0 spiro atoms. The molecule has 1 fully saturated rings. The standard InChI is InChI=1S/C34H39NO3.C2H6/c1-25-22-28(23-29-24-31(38-34(25)29)17-20-35-18-7-2-3-8-19-35)33(27-13-15-30(37)16-14-27)32(12-9-21-36)26-10-5-4-6-11-26;1-2/h4-6,10-11,13-16,22-24,36-37H,2-3,7-9,12,17-21H2,1H3;1-2H3/b33-32-;. The molecule has 0 saturated carbocycles. The minimum atomic E-state index is 0.138. The topological polar surface area (TPSA) is 56.8 Å². The molecule has 1 aliphatic heterocycles. The molecular formula is C36H45NO3. The third-order valence-electron chi connectivity index (χ3n) is 7.68. The molecule has 2 heterocycles. The highest BCUT2D eigenvalue weighted by atomic mass is 16.3. The van der Waals surface area contributed by atoms with E-state index < -0.39 is 0 Å². The SMILES string of the molecule is CC.Cc1cc(/C(=C(/CCCO)c2ccccc2)c2ccc(O)cc2)cc2cc(CCN3CCCCCC3)oc12. The first kappa shape index (κ1) is 29.6. The fraction of sp³-hybridized carbons (Fsp3) is 0.389. The van der Waals surface area contributed by atoms with E-state index in [1.807, 2.05) is 32.0 Å². The zero-order valence-electron chi connectivity index (χ0n) is 24.5. The number of aryl methyl sites for hydroxylation is 1. The lowest BCUT2D eigenvalue weighted by molar-refractivity contribution is 0.282. The van der Waals surface area contributed by atoms with Gasteiger partial charge in [-0.15, -0.1) is 0 Å². The van der Waals surface area contributed by atoms with Crippen LogP contribution < -0.4 is 0 Å². The Hall–Kier alpha value is -3.34. The van der Waals surface area contributed by atoms with E-state index in [-0.39, 0.29) is 12.4 Å².